The van der Waals surface area contributed by atoms with Crippen LogP contribution in [0.1, 0.15) is 38.8 Å². The largest absolute Gasteiger partial charge is 0.308 e. The molecule has 1 aliphatic rings. The third-order valence-electron chi connectivity index (χ3n) is 5.85. The third kappa shape index (κ3) is 3.20. The summed E-state index contributed by atoms with van der Waals surface area (Å²) in [6, 6.07) is 16.7. The van der Waals surface area contributed by atoms with E-state index in [9.17, 15) is 19.6 Å². The Bertz CT molecular complexity index is 1510. The number of rotatable bonds is 4. The number of para-hydroxylation sites is 1. The van der Waals surface area contributed by atoms with E-state index in [1.807, 2.05) is 37.3 Å². The molecule has 3 amide bonds. The molecule has 1 aliphatic heterocycles. The van der Waals surface area contributed by atoms with Crippen molar-refractivity contribution in [1.82, 2.24) is 19.7 Å². The molecule has 0 fully saturated rings. The molecule has 0 aliphatic carbocycles. The average molecular weight is 450 g/mol. The topological polar surface area (TPSA) is 121 Å². The average Bonchev–Trinajstić information content (AvgIpc) is 3.36. The predicted molar refractivity (Wildman–Crippen MR) is 123 cm³/mol. The standard InChI is InChI=1S/C25H18N6O3/c1-14-11-21(28-20-10-6-5-7-17(14)20)31-22(16(12-26)13-27-31)29-23(32)15(2)30-24(33)18-8-3-4-9-19(18)25(30)34/h3-11,13,15H,1-2H3,(H,29,32). The minimum absolute atomic E-state index is 0.109. The van der Waals surface area contributed by atoms with Crippen LogP contribution in [0.5, 0.6) is 0 Å². The second-order valence-electron chi connectivity index (χ2n) is 7.94. The van der Waals surface area contributed by atoms with Crippen molar-refractivity contribution in [2.75, 3.05) is 5.32 Å². The van der Waals surface area contributed by atoms with Crippen molar-refractivity contribution >= 4 is 34.4 Å². The van der Waals surface area contributed by atoms with Gasteiger partial charge in [0.1, 0.15) is 17.7 Å². The summed E-state index contributed by atoms with van der Waals surface area (Å²) in [4.78, 5) is 44.2. The summed E-state index contributed by atoms with van der Waals surface area (Å²) >= 11 is 0. The number of pyridine rings is 1. The van der Waals surface area contributed by atoms with Gasteiger partial charge in [0.15, 0.2) is 11.6 Å². The van der Waals surface area contributed by atoms with Crippen LogP contribution in [0.3, 0.4) is 0 Å². The third-order valence-corrected chi connectivity index (χ3v) is 5.85. The summed E-state index contributed by atoms with van der Waals surface area (Å²) in [5, 5.41) is 17.5. The van der Waals surface area contributed by atoms with E-state index in [-0.39, 0.29) is 22.5 Å². The second-order valence-corrected chi connectivity index (χ2v) is 7.94. The molecular weight excluding hydrogens is 432 g/mol. The van der Waals surface area contributed by atoms with Gasteiger partial charge in [-0.15, -0.1) is 0 Å². The summed E-state index contributed by atoms with van der Waals surface area (Å²) in [6.45, 7) is 3.40. The lowest BCUT2D eigenvalue weighted by Gasteiger charge is -2.22. The lowest BCUT2D eigenvalue weighted by Crippen LogP contribution is -2.45. The Morgan fingerprint density at radius 1 is 1.06 bits per heavy atom. The Hall–Kier alpha value is -4.84. The minimum atomic E-state index is -1.12. The van der Waals surface area contributed by atoms with Gasteiger partial charge in [-0.1, -0.05) is 30.3 Å². The van der Waals surface area contributed by atoms with E-state index < -0.39 is 23.8 Å². The van der Waals surface area contributed by atoms with Crippen molar-refractivity contribution in [3.8, 4) is 11.9 Å². The monoisotopic (exact) mass is 450 g/mol. The Morgan fingerprint density at radius 2 is 1.71 bits per heavy atom. The fourth-order valence-corrected chi connectivity index (χ4v) is 4.06. The summed E-state index contributed by atoms with van der Waals surface area (Å²) in [6.07, 6.45) is 1.33. The van der Waals surface area contributed by atoms with Crippen LogP contribution in [0.15, 0.2) is 60.8 Å². The van der Waals surface area contributed by atoms with Crippen LogP contribution in [0.4, 0.5) is 5.82 Å². The highest BCUT2D eigenvalue weighted by molar-refractivity contribution is 6.23. The van der Waals surface area contributed by atoms with Crippen molar-refractivity contribution in [1.29, 1.82) is 5.26 Å². The quantitative estimate of drug-likeness (QED) is 0.477. The number of nitrogens with zero attached hydrogens (tertiary/aromatic N) is 5. The second kappa shape index (κ2) is 7.94. The molecule has 0 spiro atoms. The first kappa shape index (κ1) is 21.0. The highest BCUT2D eigenvalue weighted by Crippen LogP contribution is 2.27. The van der Waals surface area contributed by atoms with Gasteiger partial charge in [0.05, 0.1) is 22.8 Å². The normalized spacial score (nSPS) is 13.6. The van der Waals surface area contributed by atoms with Gasteiger partial charge in [0, 0.05) is 5.39 Å². The van der Waals surface area contributed by atoms with E-state index in [4.69, 9.17) is 0 Å². The number of imide groups is 1. The van der Waals surface area contributed by atoms with Crippen LogP contribution >= 0.6 is 0 Å². The first-order chi connectivity index (χ1) is 16.4. The van der Waals surface area contributed by atoms with Gasteiger partial charge in [-0.25, -0.2) is 4.98 Å². The SMILES string of the molecule is Cc1cc(-n2ncc(C#N)c2NC(=O)C(C)N2C(=O)c3ccccc3C2=O)nc2ccccc12. The number of carbonyl (C=O) groups is 3. The number of aryl methyl sites for hydroxylation is 1. The van der Waals surface area contributed by atoms with E-state index in [2.05, 4.69) is 15.4 Å². The van der Waals surface area contributed by atoms with Gasteiger partial charge in [-0.05, 0) is 43.7 Å². The Labute approximate surface area is 194 Å². The van der Waals surface area contributed by atoms with Gasteiger partial charge < -0.3 is 5.32 Å². The fourth-order valence-electron chi connectivity index (χ4n) is 4.06. The molecule has 9 nitrogen and oxygen atoms in total. The summed E-state index contributed by atoms with van der Waals surface area (Å²) < 4.78 is 1.37. The maximum atomic E-state index is 13.1. The van der Waals surface area contributed by atoms with Gasteiger partial charge in [0.25, 0.3) is 11.8 Å². The fraction of sp³-hybridized carbons (Fsp3) is 0.120. The molecular formula is C25H18N6O3. The van der Waals surface area contributed by atoms with Crippen molar-refractivity contribution in [3.63, 3.8) is 0 Å². The highest BCUT2D eigenvalue weighted by atomic mass is 16.2. The van der Waals surface area contributed by atoms with Gasteiger partial charge in [-0.2, -0.15) is 15.0 Å². The summed E-state index contributed by atoms with van der Waals surface area (Å²) in [7, 11) is 0. The van der Waals surface area contributed by atoms with Crippen LogP contribution < -0.4 is 5.32 Å². The number of carbonyl (C=O) groups excluding carboxylic acids is 3. The number of nitriles is 1. The van der Waals surface area contributed by atoms with E-state index in [0.29, 0.717) is 5.82 Å². The molecule has 34 heavy (non-hydrogen) atoms. The highest BCUT2D eigenvalue weighted by Gasteiger charge is 2.41. The Morgan fingerprint density at radius 3 is 2.38 bits per heavy atom. The predicted octanol–water partition coefficient (Wildman–Crippen LogP) is 3.22. The Kier molecular flexibility index (Phi) is 4.91. The molecule has 1 atom stereocenters. The first-order valence-electron chi connectivity index (χ1n) is 10.5. The van der Waals surface area contributed by atoms with Gasteiger partial charge in [0.2, 0.25) is 5.91 Å². The maximum Gasteiger partial charge on any atom is 0.262 e. The first-order valence-corrected chi connectivity index (χ1v) is 10.5. The zero-order valence-corrected chi connectivity index (χ0v) is 18.3. The zero-order valence-electron chi connectivity index (χ0n) is 18.3. The number of amides is 3. The Balaban J connectivity index is 1.49. The molecule has 0 bridgehead atoms. The van der Waals surface area contributed by atoms with Gasteiger partial charge in [-0.3, -0.25) is 19.3 Å². The molecule has 9 heteroatoms. The van der Waals surface area contributed by atoms with Crippen LogP contribution in [0.25, 0.3) is 16.7 Å². The molecule has 3 heterocycles. The lowest BCUT2D eigenvalue weighted by atomic mass is 10.1. The van der Waals surface area contributed by atoms with Gasteiger partial charge >= 0.3 is 0 Å². The molecule has 0 radical (unpaired) electrons. The summed E-state index contributed by atoms with van der Waals surface area (Å²) in [5.41, 5.74) is 2.32. The number of benzene rings is 2. The minimum Gasteiger partial charge on any atom is -0.308 e. The van der Waals surface area contributed by atoms with Crippen molar-refractivity contribution in [3.05, 3.63) is 83.0 Å². The number of hydrogen-bond acceptors (Lipinski definition) is 6. The number of aromatic nitrogens is 3. The van der Waals surface area contributed by atoms with Crippen molar-refractivity contribution < 1.29 is 14.4 Å². The van der Waals surface area contributed by atoms with Crippen LogP contribution in [0, 0.1) is 18.3 Å². The molecule has 2 aromatic carbocycles. The van der Waals surface area contributed by atoms with Crippen molar-refractivity contribution in [2.24, 2.45) is 0 Å². The lowest BCUT2D eigenvalue weighted by molar-refractivity contribution is -0.119. The number of anilines is 1. The summed E-state index contributed by atoms with van der Waals surface area (Å²) in [5.74, 6) is -1.18. The molecule has 0 saturated heterocycles. The number of nitrogens with one attached hydrogen (secondary N) is 1. The molecule has 166 valence electrons. The molecule has 5 rings (SSSR count). The van der Waals surface area contributed by atoms with Crippen molar-refractivity contribution in [2.45, 2.75) is 19.9 Å². The molecule has 4 aromatic rings. The van der Waals surface area contributed by atoms with Crippen LogP contribution in [-0.2, 0) is 4.79 Å². The number of fused-ring (bicyclic) bond motifs is 2. The molecule has 1 N–H and O–H groups in total. The van der Waals surface area contributed by atoms with Crippen LogP contribution in [0.2, 0.25) is 0 Å². The van der Waals surface area contributed by atoms with E-state index in [1.54, 1.807) is 30.3 Å². The molecule has 2 aromatic heterocycles. The van der Waals surface area contributed by atoms with E-state index >= 15 is 0 Å². The van der Waals surface area contributed by atoms with Crippen LogP contribution in [-0.4, -0.2) is 43.4 Å². The maximum absolute atomic E-state index is 13.1. The zero-order chi connectivity index (χ0) is 24.0. The van der Waals surface area contributed by atoms with E-state index in [0.717, 1.165) is 21.4 Å². The molecule has 1 unspecified atom stereocenters. The molecule has 0 saturated carbocycles. The smallest absolute Gasteiger partial charge is 0.262 e. The van der Waals surface area contributed by atoms with E-state index in [1.165, 1.54) is 17.8 Å². The number of hydrogen-bond donors (Lipinski definition) is 1.